The van der Waals surface area contributed by atoms with E-state index in [2.05, 4.69) is 36.5 Å². The van der Waals surface area contributed by atoms with Gasteiger partial charge in [0.05, 0.1) is 21.2 Å². The topological polar surface area (TPSA) is 85.1 Å². The summed E-state index contributed by atoms with van der Waals surface area (Å²) in [5.74, 6) is -0.467. The Kier molecular flexibility index (Phi) is 6.30. The van der Waals surface area contributed by atoms with E-state index in [9.17, 15) is 14.9 Å². The minimum atomic E-state index is -0.561. The molecular formula is C24H18ClN3O3S. The van der Waals surface area contributed by atoms with Gasteiger partial charge in [0.1, 0.15) is 5.01 Å². The third kappa shape index (κ3) is 4.85. The van der Waals surface area contributed by atoms with Crippen LogP contribution in [0.15, 0.2) is 72.1 Å². The molecule has 1 aromatic heterocycles. The minimum absolute atomic E-state index is 0.0731. The zero-order valence-corrected chi connectivity index (χ0v) is 18.6. The highest BCUT2D eigenvalue weighted by Crippen LogP contribution is 2.29. The first kappa shape index (κ1) is 21.7. The third-order valence-electron chi connectivity index (χ3n) is 4.91. The fraction of sp³-hybridized carbons (Fsp3) is 0.0833. The maximum Gasteiger partial charge on any atom is 0.270 e. The molecule has 6 nitrogen and oxygen atoms in total. The number of nitro benzene ring substituents is 1. The van der Waals surface area contributed by atoms with Gasteiger partial charge in [-0.1, -0.05) is 65.7 Å². The number of nitrogens with one attached hydrogen (secondary N) is 1. The monoisotopic (exact) mass is 463 g/mol. The van der Waals surface area contributed by atoms with Crippen molar-refractivity contribution in [3.63, 3.8) is 0 Å². The van der Waals surface area contributed by atoms with Crippen molar-refractivity contribution < 1.29 is 9.72 Å². The van der Waals surface area contributed by atoms with Crippen molar-refractivity contribution in [2.24, 2.45) is 0 Å². The number of nitro groups is 1. The lowest BCUT2D eigenvalue weighted by atomic mass is 10.1. The van der Waals surface area contributed by atoms with Crippen LogP contribution in [-0.4, -0.2) is 15.8 Å². The van der Waals surface area contributed by atoms with Crippen molar-refractivity contribution in [1.29, 1.82) is 0 Å². The van der Waals surface area contributed by atoms with Gasteiger partial charge < -0.3 is 5.32 Å². The molecule has 160 valence electrons. The predicted octanol–water partition coefficient (Wildman–Crippen LogP) is 6.28. The Balaban J connectivity index is 1.42. The lowest BCUT2D eigenvalue weighted by molar-refractivity contribution is -0.384. The number of non-ortho nitro benzene ring substituents is 1. The molecule has 4 aromatic rings. The number of benzene rings is 3. The second kappa shape index (κ2) is 9.30. The maximum atomic E-state index is 12.4. The highest BCUT2D eigenvalue weighted by Gasteiger charge is 2.15. The molecule has 0 atom stereocenters. The summed E-state index contributed by atoms with van der Waals surface area (Å²) < 4.78 is 0. The number of hydrogen-bond acceptors (Lipinski definition) is 5. The Bertz CT molecular complexity index is 1280. The van der Waals surface area contributed by atoms with Crippen LogP contribution in [0.1, 0.15) is 21.5 Å². The molecule has 0 spiro atoms. The van der Waals surface area contributed by atoms with Crippen molar-refractivity contribution in [3.8, 4) is 21.8 Å². The number of carbonyl (C=O) groups excluding carboxylic acids is 1. The summed E-state index contributed by atoms with van der Waals surface area (Å²) in [6.45, 7) is 2.32. The normalized spacial score (nSPS) is 10.7. The van der Waals surface area contributed by atoms with Gasteiger partial charge in [-0.25, -0.2) is 4.98 Å². The van der Waals surface area contributed by atoms with Gasteiger partial charge in [0.25, 0.3) is 11.6 Å². The maximum absolute atomic E-state index is 12.4. The molecule has 0 fully saturated rings. The average molecular weight is 464 g/mol. The van der Waals surface area contributed by atoms with Gasteiger partial charge in [0.2, 0.25) is 0 Å². The Hall–Kier alpha value is -3.55. The van der Waals surface area contributed by atoms with Crippen LogP contribution in [0.25, 0.3) is 21.8 Å². The van der Waals surface area contributed by atoms with Crippen LogP contribution in [0.2, 0.25) is 5.02 Å². The molecule has 8 heteroatoms. The van der Waals surface area contributed by atoms with E-state index in [1.807, 2.05) is 29.6 Å². The molecule has 3 aromatic carbocycles. The molecule has 1 heterocycles. The first-order valence-electron chi connectivity index (χ1n) is 9.75. The van der Waals surface area contributed by atoms with E-state index >= 15 is 0 Å². The fourth-order valence-electron chi connectivity index (χ4n) is 3.11. The molecule has 1 N–H and O–H groups in total. The molecule has 0 unspecified atom stereocenters. The molecular weight excluding hydrogens is 446 g/mol. The van der Waals surface area contributed by atoms with E-state index < -0.39 is 10.8 Å². The van der Waals surface area contributed by atoms with Crippen molar-refractivity contribution in [2.75, 3.05) is 0 Å². The summed E-state index contributed by atoms with van der Waals surface area (Å²) in [4.78, 5) is 27.5. The predicted molar refractivity (Wildman–Crippen MR) is 127 cm³/mol. The Labute approximate surface area is 193 Å². The van der Waals surface area contributed by atoms with E-state index in [-0.39, 0.29) is 22.8 Å². The van der Waals surface area contributed by atoms with Gasteiger partial charge in [-0.2, -0.15) is 0 Å². The zero-order valence-electron chi connectivity index (χ0n) is 17.0. The zero-order chi connectivity index (χ0) is 22.7. The van der Waals surface area contributed by atoms with Gasteiger partial charge in [-0.15, -0.1) is 11.3 Å². The van der Waals surface area contributed by atoms with Gasteiger partial charge in [0, 0.05) is 35.2 Å². The van der Waals surface area contributed by atoms with E-state index in [1.54, 1.807) is 11.3 Å². The number of amides is 1. The van der Waals surface area contributed by atoms with Gasteiger partial charge in [-0.05, 0) is 18.6 Å². The largest absolute Gasteiger partial charge is 0.348 e. The summed E-state index contributed by atoms with van der Waals surface area (Å²) in [7, 11) is 0. The van der Waals surface area contributed by atoms with Crippen LogP contribution in [0.3, 0.4) is 0 Å². The van der Waals surface area contributed by atoms with Crippen LogP contribution < -0.4 is 5.32 Å². The second-order valence-corrected chi connectivity index (χ2v) is 8.47. The standard InChI is InChI=1S/C24H18ClN3O3S/c1-15-2-6-17(7-3-15)22-14-32-24(27-22)18-8-4-16(5-9-18)13-26-23(29)20-12-19(28(30)31)10-11-21(20)25/h2-12,14H,13H2,1H3,(H,26,29). The number of halogens is 1. The van der Waals surface area contributed by atoms with Gasteiger partial charge >= 0.3 is 0 Å². The first-order chi connectivity index (χ1) is 15.4. The number of rotatable bonds is 6. The number of carbonyl (C=O) groups is 1. The summed E-state index contributed by atoms with van der Waals surface area (Å²) in [5.41, 5.74) is 5.00. The van der Waals surface area contributed by atoms with Crippen molar-refractivity contribution in [1.82, 2.24) is 10.3 Å². The Morgan fingerprint density at radius 3 is 2.44 bits per heavy atom. The Morgan fingerprint density at radius 2 is 1.75 bits per heavy atom. The summed E-state index contributed by atoms with van der Waals surface area (Å²) in [6, 6.07) is 19.8. The molecule has 1 amide bonds. The number of hydrogen-bond donors (Lipinski definition) is 1. The third-order valence-corrected chi connectivity index (χ3v) is 6.13. The SMILES string of the molecule is Cc1ccc(-c2csc(-c3ccc(CNC(=O)c4cc([N+](=O)[O-])ccc4Cl)cc3)n2)cc1. The lowest BCUT2D eigenvalue weighted by Gasteiger charge is -2.07. The molecule has 0 bridgehead atoms. The molecule has 0 saturated carbocycles. The van der Waals surface area contributed by atoms with Crippen molar-refractivity contribution >= 4 is 34.5 Å². The quantitative estimate of drug-likeness (QED) is 0.269. The molecule has 0 aliphatic heterocycles. The van der Waals surface area contributed by atoms with Crippen molar-refractivity contribution in [2.45, 2.75) is 13.5 Å². The van der Waals surface area contributed by atoms with E-state index in [1.165, 1.54) is 23.8 Å². The van der Waals surface area contributed by atoms with Crippen molar-refractivity contribution in [3.05, 3.63) is 104 Å². The first-order valence-corrected chi connectivity index (χ1v) is 11.0. The van der Waals surface area contributed by atoms with Crippen LogP contribution in [-0.2, 0) is 6.54 Å². The average Bonchev–Trinajstić information content (AvgIpc) is 3.29. The number of nitrogens with zero attached hydrogens (tertiary/aromatic N) is 2. The van der Waals surface area contributed by atoms with E-state index in [0.717, 1.165) is 27.4 Å². The highest BCUT2D eigenvalue weighted by atomic mass is 35.5. The molecule has 0 radical (unpaired) electrons. The molecule has 0 aliphatic carbocycles. The summed E-state index contributed by atoms with van der Waals surface area (Å²) in [5, 5.41) is 16.8. The van der Waals surface area contributed by atoms with E-state index in [4.69, 9.17) is 16.6 Å². The van der Waals surface area contributed by atoms with Crippen LogP contribution in [0, 0.1) is 17.0 Å². The molecule has 32 heavy (non-hydrogen) atoms. The van der Waals surface area contributed by atoms with E-state index in [0.29, 0.717) is 0 Å². The smallest absolute Gasteiger partial charge is 0.270 e. The van der Waals surface area contributed by atoms with Crippen LogP contribution >= 0.6 is 22.9 Å². The minimum Gasteiger partial charge on any atom is -0.348 e. The molecule has 4 rings (SSSR count). The summed E-state index contributed by atoms with van der Waals surface area (Å²) in [6.07, 6.45) is 0. The van der Waals surface area contributed by atoms with Crippen LogP contribution in [0.5, 0.6) is 0 Å². The van der Waals surface area contributed by atoms with Gasteiger partial charge in [-0.3, -0.25) is 14.9 Å². The molecule has 0 aliphatic rings. The number of aromatic nitrogens is 1. The fourth-order valence-corrected chi connectivity index (χ4v) is 4.15. The second-order valence-electron chi connectivity index (χ2n) is 7.20. The summed E-state index contributed by atoms with van der Waals surface area (Å²) >= 11 is 7.61. The Morgan fingerprint density at radius 1 is 1.06 bits per heavy atom. The number of aryl methyl sites for hydroxylation is 1. The van der Waals surface area contributed by atoms with Crippen LogP contribution in [0.4, 0.5) is 5.69 Å². The highest BCUT2D eigenvalue weighted by molar-refractivity contribution is 7.13. The van der Waals surface area contributed by atoms with Gasteiger partial charge in [0.15, 0.2) is 0 Å². The molecule has 0 saturated heterocycles. The lowest BCUT2D eigenvalue weighted by Crippen LogP contribution is -2.23. The number of thiazole rings is 1.